The molecule has 0 saturated heterocycles. The molecule has 0 saturated carbocycles. The lowest BCUT2D eigenvalue weighted by atomic mass is 9.94. The van der Waals surface area contributed by atoms with Crippen molar-refractivity contribution in [3.8, 4) is 11.3 Å². The molecule has 0 aliphatic rings. The minimum absolute atomic E-state index is 0.161. The van der Waals surface area contributed by atoms with E-state index in [9.17, 15) is 0 Å². The first-order valence-corrected chi connectivity index (χ1v) is 7.92. The Balaban J connectivity index is 1.75. The van der Waals surface area contributed by atoms with Crippen molar-refractivity contribution in [2.24, 2.45) is 5.73 Å². The van der Waals surface area contributed by atoms with E-state index in [1.807, 2.05) is 66.7 Å². The first kappa shape index (κ1) is 14.6. The van der Waals surface area contributed by atoms with Gasteiger partial charge in [0.15, 0.2) is 5.58 Å². The lowest BCUT2D eigenvalue weighted by molar-refractivity contribution is 0.459. The standard InChI is InChI=1S/C20H17N3O/c21-18(13-14-7-5-6-12-22-14)15-8-1-2-9-16(15)20-17-10-3-4-11-19(17)24-23-20/h1-12,18H,13,21H2. The van der Waals surface area contributed by atoms with Crippen LogP contribution in [0.5, 0.6) is 0 Å². The van der Waals surface area contributed by atoms with Crippen LogP contribution >= 0.6 is 0 Å². The molecule has 0 amide bonds. The number of pyridine rings is 1. The molecule has 0 bridgehead atoms. The average Bonchev–Trinajstić information content (AvgIpc) is 3.06. The highest BCUT2D eigenvalue weighted by Crippen LogP contribution is 2.33. The molecule has 0 aliphatic heterocycles. The van der Waals surface area contributed by atoms with E-state index in [2.05, 4.69) is 10.1 Å². The molecule has 4 rings (SSSR count). The molecular weight excluding hydrogens is 298 g/mol. The second-order valence-corrected chi connectivity index (χ2v) is 5.75. The van der Waals surface area contributed by atoms with Crippen LogP contribution in [0.4, 0.5) is 0 Å². The predicted octanol–water partition coefficient (Wildman–Crippen LogP) is 4.13. The van der Waals surface area contributed by atoms with Crippen LogP contribution in [0.25, 0.3) is 22.2 Å². The van der Waals surface area contributed by atoms with Gasteiger partial charge in [-0.2, -0.15) is 0 Å². The molecule has 4 heteroatoms. The fourth-order valence-corrected chi connectivity index (χ4v) is 2.97. The van der Waals surface area contributed by atoms with Crippen LogP contribution in [-0.2, 0) is 6.42 Å². The molecule has 0 aliphatic carbocycles. The average molecular weight is 315 g/mol. The minimum Gasteiger partial charge on any atom is -0.356 e. The Morgan fingerprint density at radius 2 is 1.71 bits per heavy atom. The highest BCUT2D eigenvalue weighted by molar-refractivity contribution is 5.92. The number of benzene rings is 2. The second-order valence-electron chi connectivity index (χ2n) is 5.75. The molecule has 0 radical (unpaired) electrons. The highest BCUT2D eigenvalue weighted by atomic mass is 16.5. The summed E-state index contributed by atoms with van der Waals surface area (Å²) < 4.78 is 5.45. The first-order valence-electron chi connectivity index (χ1n) is 7.92. The van der Waals surface area contributed by atoms with Gasteiger partial charge in [0, 0.05) is 35.3 Å². The van der Waals surface area contributed by atoms with Gasteiger partial charge in [-0.1, -0.05) is 47.6 Å². The van der Waals surface area contributed by atoms with Gasteiger partial charge in [0.2, 0.25) is 0 Å². The topological polar surface area (TPSA) is 64.9 Å². The maximum Gasteiger partial charge on any atom is 0.167 e. The Labute approximate surface area is 139 Å². The van der Waals surface area contributed by atoms with E-state index in [0.29, 0.717) is 6.42 Å². The Hall–Kier alpha value is -2.98. The number of hydrogen-bond acceptors (Lipinski definition) is 4. The third-order valence-corrected chi connectivity index (χ3v) is 4.15. The summed E-state index contributed by atoms with van der Waals surface area (Å²) in [6, 6.07) is 21.7. The zero-order valence-corrected chi connectivity index (χ0v) is 13.1. The summed E-state index contributed by atoms with van der Waals surface area (Å²) in [6.07, 6.45) is 2.47. The van der Waals surface area contributed by atoms with E-state index < -0.39 is 0 Å². The summed E-state index contributed by atoms with van der Waals surface area (Å²) in [6.45, 7) is 0. The van der Waals surface area contributed by atoms with Crippen molar-refractivity contribution in [2.45, 2.75) is 12.5 Å². The van der Waals surface area contributed by atoms with Crippen LogP contribution in [0.2, 0.25) is 0 Å². The largest absolute Gasteiger partial charge is 0.356 e. The Bertz CT molecular complexity index is 963. The number of para-hydroxylation sites is 1. The molecule has 0 spiro atoms. The summed E-state index contributed by atoms with van der Waals surface area (Å²) >= 11 is 0. The van der Waals surface area contributed by atoms with Gasteiger partial charge in [-0.3, -0.25) is 4.98 Å². The summed E-state index contributed by atoms with van der Waals surface area (Å²) in [5, 5.41) is 5.26. The van der Waals surface area contributed by atoms with Crippen molar-refractivity contribution in [2.75, 3.05) is 0 Å². The molecule has 1 unspecified atom stereocenters. The SMILES string of the molecule is NC(Cc1ccccn1)c1ccccc1-c1noc2ccccc12. The minimum atomic E-state index is -0.161. The second kappa shape index (κ2) is 6.26. The van der Waals surface area contributed by atoms with Crippen LogP contribution in [0, 0.1) is 0 Å². The molecule has 118 valence electrons. The van der Waals surface area contributed by atoms with Crippen molar-refractivity contribution in [1.82, 2.24) is 10.1 Å². The van der Waals surface area contributed by atoms with Crippen molar-refractivity contribution in [3.63, 3.8) is 0 Å². The van der Waals surface area contributed by atoms with Crippen LogP contribution in [0.1, 0.15) is 17.3 Å². The molecule has 2 aromatic heterocycles. The third-order valence-electron chi connectivity index (χ3n) is 4.15. The summed E-state index contributed by atoms with van der Waals surface area (Å²) in [5.74, 6) is 0. The van der Waals surface area contributed by atoms with Crippen LogP contribution in [0.3, 0.4) is 0 Å². The lowest BCUT2D eigenvalue weighted by Gasteiger charge is -2.15. The molecule has 4 aromatic rings. The zero-order valence-electron chi connectivity index (χ0n) is 13.1. The van der Waals surface area contributed by atoms with Gasteiger partial charge in [-0.15, -0.1) is 0 Å². The maximum absolute atomic E-state index is 6.48. The molecule has 24 heavy (non-hydrogen) atoms. The summed E-state index contributed by atoms with van der Waals surface area (Å²) in [5.41, 5.74) is 11.1. The van der Waals surface area contributed by atoms with Gasteiger partial charge in [0.25, 0.3) is 0 Å². The number of aromatic nitrogens is 2. The summed E-state index contributed by atoms with van der Waals surface area (Å²) in [4.78, 5) is 4.37. The van der Waals surface area contributed by atoms with E-state index in [0.717, 1.165) is 33.5 Å². The molecule has 0 fully saturated rings. The lowest BCUT2D eigenvalue weighted by Crippen LogP contribution is -2.15. The Kier molecular flexibility index (Phi) is 3.81. The van der Waals surface area contributed by atoms with E-state index in [4.69, 9.17) is 10.3 Å². The van der Waals surface area contributed by atoms with Gasteiger partial charge >= 0.3 is 0 Å². The molecule has 1 atom stereocenters. The Morgan fingerprint density at radius 1 is 0.917 bits per heavy atom. The van der Waals surface area contributed by atoms with Crippen molar-refractivity contribution < 1.29 is 4.52 Å². The number of rotatable bonds is 4. The van der Waals surface area contributed by atoms with Gasteiger partial charge in [0.05, 0.1) is 0 Å². The van der Waals surface area contributed by atoms with Crippen LogP contribution in [-0.4, -0.2) is 10.1 Å². The number of fused-ring (bicyclic) bond motifs is 1. The monoisotopic (exact) mass is 315 g/mol. The quantitative estimate of drug-likeness (QED) is 0.615. The molecule has 2 N–H and O–H groups in total. The molecule has 2 aromatic carbocycles. The molecule has 2 heterocycles. The first-order chi connectivity index (χ1) is 11.8. The highest BCUT2D eigenvalue weighted by Gasteiger charge is 2.17. The van der Waals surface area contributed by atoms with Crippen LogP contribution in [0.15, 0.2) is 77.4 Å². The van der Waals surface area contributed by atoms with Crippen LogP contribution < -0.4 is 5.73 Å². The Morgan fingerprint density at radius 3 is 2.58 bits per heavy atom. The van der Waals surface area contributed by atoms with Crippen molar-refractivity contribution in [3.05, 3.63) is 84.2 Å². The fourth-order valence-electron chi connectivity index (χ4n) is 2.97. The number of nitrogens with two attached hydrogens (primary N) is 1. The van der Waals surface area contributed by atoms with Gasteiger partial charge in [-0.05, 0) is 29.8 Å². The normalized spacial score (nSPS) is 12.4. The van der Waals surface area contributed by atoms with Gasteiger partial charge in [-0.25, -0.2) is 0 Å². The fraction of sp³-hybridized carbons (Fsp3) is 0.100. The van der Waals surface area contributed by atoms with E-state index in [1.54, 1.807) is 6.20 Å². The van der Waals surface area contributed by atoms with E-state index in [-0.39, 0.29) is 6.04 Å². The number of nitrogens with zero attached hydrogens (tertiary/aromatic N) is 2. The van der Waals surface area contributed by atoms with E-state index in [1.165, 1.54) is 0 Å². The van der Waals surface area contributed by atoms with Crippen molar-refractivity contribution >= 4 is 11.0 Å². The van der Waals surface area contributed by atoms with Gasteiger partial charge < -0.3 is 10.3 Å². The molecular formula is C20H17N3O. The van der Waals surface area contributed by atoms with E-state index >= 15 is 0 Å². The third kappa shape index (κ3) is 2.68. The summed E-state index contributed by atoms with van der Waals surface area (Å²) in [7, 11) is 0. The maximum atomic E-state index is 6.48. The van der Waals surface area contributed by atoms with Crippen molar-refractivity contribution in [1.29, 1.82) is 0 Å². The zero-order chi connectivity index (χ0) is 16.4. The predicted molar refractivity (Wildman–Crippen MR) is 94.3 cm³/mol. The number of hydrogen-bond donors (Lipinski definition) is 1. The van der Waals surface area contributed by atoms with Gasteiger partial charge in [0.1, 0.15) is 5.69 Å². The molecule has 4 nitrogen and oxygen atoms in total. The smallest absolute Gasteiger partial charge is 0.167 e.